The molecule has 3 aromatic rings. The van der Waals surface area contributed by atoms with Gasteiger partial charge in [0.15, 0.2) is 0 Å². The third-order valence-corrected chi connectivity index (χ3v) is 4.49. The van der Waals surface area contributed by atoms with E-state index >= 15 is 0 Å². The number of nitrogens with one attached hydrogen (secondary N) is 1. The van der Waals surface area contributed by atoms with E-state index in [2.05, 4.69) is 25.3 Å². The Kier molecular flexibility index (Phi) is 4.05. The molecular formula is C18H20N6O. The summed E-state index contributed by atoms with van der Waals surface area (Å²) in [5.74, 6) is -0.170. The van der Waals surface area contributed by atoms with Crippen molar-refractivity contribution in [1.82, 2.24) is 25.1 Å². The molecule has 0 spiro atoms. The molecule has 0 radical (unpaired) electrons. The van der Waals surface area contributed by atoms with Crippen LogP contribution >= 0.6 is 0 Å². The maximum absolute atomic E-state index is 12.6. The molecule has 25 heavy (non-hydrogen) atoms. The van der Waals surface area contributed by atoms with Gasteiger partial charge in [-0.15, -0.1) is 0 Å². The summed E-state index contributed by atoms with van der Waals surface area (Å²) in [7, 11) is 1.91. The highest BCUT2D eigenvalue weighted by molar-refractivity contribution is 5.94. The van der Waals surface area contributed by atoms with Gasteiger partial charge < -0.3 is 10.2 Å². The molecule has 0 bridgehead atoms. The minimum absolute atomic E-state index is 0.0923. The summed E-state index contributed by atoms with van der Waals surface area (Å²) in [6.45, 7) is 1.76. The molecule has 2 aromatic heterocycles. The van der Waals surface area contributed by atoms with Gasteiger partial charge in [-0.3, -0.25) is 14.5 Å². The number of carbonyl (C=O) groups is 1. The monoisotopic (exact) mass is 336 g/mol. The molecule has 0 saturated carbocycles. The number of hydrogen-bond acceptors (Lipinski definition) is 5. The number of anilines is 1. The summed E-state index contributed by atoms with van der Waals surface area (Å²) >= 11 is 0. The Bertz CT molecular complexity index is 905. The van der Waals surface area contributed by atoms with Crippen LogP contribution in [0, 0.1) is 0 Å². The molecular weight excluding hydrogens is 316 g/mol. The topological polar surface area (TPSA) is 75.9 Å². The number of fused-ring (bicyclic) bond motifs is 1. The molecule has 0 unspecified atom stereocenters. The summed E-state index contributed by atoms with van der Waals surface area (Å²) in [4.78, 5) is 23.5. The van der Waals surface area contributed by atoms with Crippen molar-refractivity contribution in [3.05, 3.63) is 48.5 Å². The van der Waals surface area contributed by atoms with Gasteiger partial charge in [-0.2, -0.15) is 5.10 Å². The Morgan fingerprint density at radius 3 is 2.88 bits per heavy atom. The van der Waals surface area contributed by atoms with Crippen molar-refractivity contribution in [2.75, 3.05) is 18.0 Å². The van der Waals surface area contributed by atoms with Gasteiger partial charge in [0.2, 0.25) is 0 Å². The third-order valence-electron chi connectivity index (χ3n) is 4.49. The lowest BCUT2D eigenvalue weighted by atomic mass is 10.1. The van der Waals surface area contributed by atoms with Crippen molar-refractivity contribution in [3.63, 3.8) is 0 Å². The van der Waals surface area contributed by atoms with Gasteiger partial charge in [-0.25, -0.2) is 4.98 Å². The predicted octanol–water partition coefficient (Wildman–Crippen LogP) is 1.76. The largest absolute Gasteiger partial charge is 0.367 e. The van der Waals surface area contributed by atoms with Crippen LogP contribution in [0.4, 0.5) is 5.69 Å². The van der Waals surface area contributed by atoms with Gasteiger partial charge in [0.25, 0.3) is 5.91 Å². The summed E-state index contributed by atoms with van der Waals surface area (Å²) < 4.78 is 1.79. The van der Waals surface area contributed by atoms with E-state index < -0.39 is 0 Å². The summed E-state index contributed by atoms with van der Waals surface area (Å²) in [5, 5.41) is 7.32. The van der Waals surface area contributed by atoms with Crippen molar-refractivity contribution < 1.29 is 4.79 Å². The van der Waals surface area contributed by atoms with Gasteiger partial charge in [-0.1, -0.05) is 12.1 Å². The molecule has 128 valence electrons. The van der Waals surface area contributed by atoms with Crippen LogP contribution in [-0.2, 0) is 7.05 Å². The van der Waals surface area contributed by atoms with Crippen LogP contribution in [0.3, 0.4) is 0 Å². The Morgan fingerprint density at radius 2 is 2.08 bits per heavy atom. The summed E-state index contributed by atoms with van der Waals surface area (Å²) in [5.41, 5.74) is 2.97. The minimum atomic E-state index is -0.170. The van der Waals surface area contributed by atoms with Gasteiger partial charge in [0.1, 0.15) is 5.69 Å². The predicted molar refractivity (Wildman–Crippen MR) is 95.4 cm³/mol. The van der Waals surface area contributed by atoms with E-state index in [0.717, 1.165) is 42.7 Å². The van der Waals surface area contributed by atoms with Crippen molar-refractivity contribution in [2.45, 2.75) is 18.9 Å². The van der Waals surface area contributed by atoms with Crippen LogP contribution in [0.5, 0.6) is 0 Å². The Hall–Kier alpha value is -2.96. The number of aryl methyl sites for hydroxylation is 1. The van der Waals surface area contributed by atoms with E-state index in [0.29, 0.717) is 5.69 Å². The lowest BCUT2D eigenvalue weighted by Crippen LogP contribution is -2.48. The molecule has 1 aromatic carbocycles. The maximum Gasteiger partial charge on any atom is 0.271 e. The number of para-hydroxylation sites is 2. The van der Waals surface area contributed by atoms with Crippen LogP contribution in [0.15, 0.2) is 42.9 Å². The summed E-state index contributed by atoms with van der Waals surface area (Å²) in [6.07, 6.45) is 7.39. The third kappa shape index (κ3) is 3.31. The highest BCUT2D eigenvalue weighted by Crippen LogP contribution is 2.19. The second-order valence-electron chi connectivity index (χ2n) is 6.37. The molecule has 1 aliphatic rings. The van der Waals surface area contributed by atoms with Crippen molar-refractivity contribution >= 4 is 22.6 Å². The molecule has 1 amide bonds. The zero-order valence-electron chi connectivity index (χ0n) is 14.1. The first-order valence-electron chi connectivity index (χ1n) is 8.45. The van der Waals surface area contributed by atoms with E-state index in [1.54, 1.807) is 10.9 Å². The molecule has 1 saturated heterocycles. The quantitative estimate of drug-likeness (QED) is 0.789. The lowest BCUT2D eigenvalue weighted by molar-refractivity contribution is 0.0928. The fourth-order valence-electron chi connectivity index (χ4n) is 3.23. The van der Waals surface area contributed by atoms with E-state index in [1.165, 1.54) is 0 Å². The molecule has 1 aliphatic heterocycles. The first-order chi connectivity index (χ1) is 12.2. The summed E-state index contributed by atoms with van der Waals surface area (Å²) in [6, 6.07) is 7.65. The smallest absolute Gasteiger partial charge is 0.271 e. The van der Waals surface area contributed by atoms with Gasteiger partial charge >= 0.3 is 0 Å². The van der Waals surface area contributed by atoms with Crippen molar-refractivity contribution in [2.24, 2.45) is 7.05 Å². The second-order valence-corrected chi connectivity index (χ2v) is 6.37. The van der Waals surface area contributed by atoms with Gasteiger partial charge in [0, 0.05) is 32.4 Å². The van der Waals surface area contributed by atoms with Crippen LogP contribution in [0.1, 0.15) is 23.3 Å². The van der Waals surface area contributed by atoms with E-state index in [9.17, 15) is 4.79 Å². The molecule has 1 N–H and O–H groups in total. The van der Waals surface area contributed by atoms with Crippen LogP contribution in [-0.4, -0.2) is 44.8 Å². The average Bonchev–Trinajstić information content (AvgIpc) is 3.08. The second kappa shape index (κ2) is 6.51. The minimum Gasteiger partial charge on any atom is -0.367 e. The van der Waals surface area contributed by atoms with Crippen LogP contribution < -0.4 is 10.2 Å². The highest BCUT2D eigenvalue weighted by atomic mass is 16.2. The van der Waals surface area contributed by atoms with Crippen molar-refractivity contribution in [3.8, 4) is 0 Å². The van der Waals surface area contributed by atoms with E-state index in [1.807, 2.05) is 43.7 Å². The standard InChI is InChI=1S/C18H20N6O/c1-23-12-14(9-20-23)24-8-4-5-13(11-24)21-18(25)17-10-19-15-6-2-3-7-16(15)22-17/h2-3,6-7,9-10,12-13H,4-5,8,11H2,1H3,(H,21,25)/t13-/m0/s1. The van der Waals surface area contributed by atoms with Crippen LogP contribution in [0.2, 0.25) is 0 Å². The Balaban J connectivity index is 1.45. The normalized spacial score (nSPS) is 17.6. The van der Waals surface area contributed by atoms with E-state index in [4.69, 9.17) is 0 Å². The molecule has 7 nitrogen and oxygen atoms in total. The number of benzene rings is 1. The molecule has 4 rings (SSSR count). The lowest BCUT2D eigenvalue weighted by Gasteiger charge is -2.33. The van der Waals surface area contributed by atoms with Crippen molar-refractivity contribution in [1.29, 1.82) is 0 Å². The zero-order valence-corrected chi connectivity index (χ0v) is 14.1. The number of aromatic nitrogens is 4. The van der Waals surface area contributed by atoms with Gasteiger partial charge in [-0.05, 0) is 25.0 Å². The Labute approximate surface area is 145 Å². The number of amides is 1. The number of carbonyl (C=O) groups excluding carboxylic acids is 1. The number of nitrogens with zero attached hydrogens (tertiary/aromatic N) is 5. The fraction of sp³-hybridized carbons (Fsp3) is 0.333. The maximum atomic E-state index is 12.6. The molecule has 0 aliphatic carbocycles. The first kappa shape index (κ1) is 15.6. The number of rotatable bonds is 3. The number of hydrogen-bond donors (Lipinski definition) is 1. The Morgan fingerprint density at radius 1 is 1.24 bits per heavy atom. The molecule has 1 fully saturated rings. The van der Waals surface area contributed by atoms with Crippen LogP contribution in [0.25, 0.3) is 11.0 Å². The first-order valence-corrected chi connectivity index (χ1v) is 8.45. The number of piperidine rings is 1. The SMILES string of the molecule is Cn1cc(N2CCC[C@H](NC(=O)c3cnc4ccccc4n3)C2)cn1. The van der Waals surface area contributed by atoms with E-state index in [-0.39, 0.29) is 11.9 Å². The molecule has 3 heterocycles. The van der Waals surface area contributed by atoms with Gasteiger partial charge in [0.05, 0.1) is 29.1 Å². The highest BCUT2D eigenvalue weighted by Gasteiger charge is 2.23. The fourth-order valence-corrected chi connectivity index (χ4v) is 3.23. The molecule has 1 atom stereocenters. The molecule has 7 heteroatoms. The average molecular weight is 336 g/mol. The zero-order chi connectivity index (χ0) is 17.2.